The van der Waals surface area contributed by atoms with Crippen molar-refractivity contribution < 1.29 is 14.4 Å². The summed E-state index contributed by atoms with van der Waals surface area (Å²) in [6.45, 7) is 0. The lowest BCUT2D eigenvalue weighted by molar-refractivity contribution is -0.125. The average Bonchev–Trinajstić information content (AvgIpc) is 3.30. The number of imide groups is 1. The number of hydrogen-bond acceptors (Lipinski definition) is 5. The third-order valence-corrected chi connectivity index (χ3v) is 6.80. The Morgan fingerprint density at radius 3 is 2.18 bits per heavy atom. The molecule has 0 aliphatic carbocycles. The van der Waals surface area contributed by atoms with Crippen molar-refractivity contribution in [3.63, 3.8) is 0 Å². The van der Waals surface area contributed by atoms with Crippen LogP contribution in [0.1, 0.15) is 26.3 Å². The highest BCUT2D eigenvalue weighted by molar-refractivity contribution is 7.16. The van der Waals surface area contributed by atoms with Crippen LogP contribution in [0.4, 0.5) is 0 Å². The molecule has 0 spiro atoms. The number of carbonyl (C=O) groups excluding carboxylic acids is 3. The standard InChI is InChI=1S/C25H20N4O3S/c1-28-19-13-7-8-14-21(19)33-25(28)27-26-22(30)20(15-16-9-3-2-4-10-16)29-23(31)17-11-5-6-12-18(17)24(29)32/h2-14,20H,15H2,1H3,(H,26,30)/b27-25+/t20-/m1/s1. The minimum atomic E-state index is -1.04. The molecule has 0 bridgehead atoms. The van der Waals surface area contributed by atoms with E-state index in [0.717, 1.165) is 20.7 Å². The third-order valence-electron chi connectivity index (χ3n) is 5.69. The molecule has 4 aromatic rings. The van der Waals surface area contributed by atoms with Crippen LogP contribution in [0.3, 0.4) is 0 Å². The zero-order valence-corrected chi connectivity index (χ0v) is 18.6. The van der Waals surface area contributed by atoms with E-state index >= 15 is 0 Å². The molecule has 0 saturated heterocycles. The summed E-state index contributed by atoms with van der Waals surface area (Å²) >= 11 is 1.44. The van der Waals surface area contributed by atoms with Gasteiger partial charge in [-0.3, -0.25) is 19.3 Å². The van der Waals surface area contributed by atoms with E-state index in [1.165, 1.54) is 11.3 Å². The fourth-order valence-electron chi connectivity index (χ4n) is 4.00. The van der Waals surface area contributed by atoms with Gasteiger partial charge in [0, 0.05) is 13.5 Å². The van der Waals surface area contributed by atoms with Crippen LogP contribution in [0.5, 0.6) is 0 Å². The van der Waals surface area contributed by atoms with Crippen molar-refractivity contribution in [1.29, 1.82) is 0 Å². The normalized spacial score (nSPS) is 14.6. The molecule has 1 aliphatic rings. The van der Waals surface area contributed by atoms with Crippen molar-refractivity contribution >= 4 is 39.3 Å². The number of nitrogens with zero attached hydrogens (tertiary/aromatic N) is 3. The topological polar surface area (TPSA) is 83.8 Å². The van der Waals surface area contributed by atoms with Crippen LogP contribution >= 0.6 is 11.3 Å². The predicted molar refractivity (Wildman–Crippen MR) is 125 cm³/mol. The summed E-state index contributed by atoms with van der Waals surface area (Å²) in [6, 6.07) is 22.7. The first-order chi connectivity index (χ1) is 16.0. The molecule has 33 heavy (non-hydrogen) atoms. The number of rotatable bonds is 5. The monoisotopic (exact) mass is 456 g/mol. The Labute approximate surface area is 193 Å². The summed E-state index contributed by atoms with van der Waals surface area (Å²) in [7, 11) is 1.87. The molecular weight excluding hydrogens is 436 g/mol. The van der Waals surface area contributed by atoms with Crippen LogP contribution in [-0.4, -0.2) is 33.2 Å². The molecule has 2 heterocycles. The minimum Gasteiger partial charge on any atom is -0.318 e. The van der Waals surface area contributed by atoms with E-state index < -0.39 is 23.8 Å². The molecule has 1 N–H and O–H groups in total. The molecular formula is C25H20N4O3S. The number of fused-ring (bicyclic) bond motifs is 2. The smallest absolute Gasteiger partial charge is 0.263 e. The number of hydrogen-bond donors (Lipinski definition) is 1. The number of para-hydroxylation sites is 1. The summed E-state index contributed by atoms with van der Waals surface area (Å²) < 4.78 is 2.92. The average molecular weight is 457 g/mol. The second-order valence-electron chi connectivity index (χ2n) is 7.73. The highest BCUT2D eigenvalue weighted by atomic mass is 32.1. The van der Waals surface area contributed by atoms with Crippen LogP contribution in [0, 0.1) is 0 Å². The second-order valence-corrected chi connectivity index (χ2v) is 8.74. The SMILES string of the molecule is Cn1/c(=N\NC(=O)[C@@H](Cc2ccccc2)N2C(=O)c3ccccc3C2=O)sc2ccccc21. The molecule has 0 saturated carbocycles. The molecule has 3 aromatic carbocycles. The van der Waals surface area contributed by atoms with Crippen molar-refractivity contribution in [3.05, 3.63) is 100 Å². The zero-order chi connectivity index (χ0) is 22.9. The van der Waals surface area contributed by atoms with Gasteiger partial charge in [-0.1, -0.05) is 65.9 Å². The molecule has 1 aromatic heterocycles. The van der Waals surface area contributed by atoms with Gasteiger partial charge in [-0.05, 0) is 29.8 Å². The first-order valence-electron chi connectivity index (χ1n) is 10.4. The summed E-state index contributed by atoms with van der Waals surface area (Å²) in [5.41, 5.74) is 5.04. The van der Waals surface area contributed by atoms with Gasteiger partial charge in [0.05, 0.1) is 21.3 Å². The zero-order valence-electron chi connectivity index (χ0n) is 17.8. The summed E-state index contributed by atoms with van der Waals surface area (Å²) in [4.78, 5) is 41.1. The molecule has 0 radical (unpaired) electrons. The Bertz CT molecular complexity index is 1420. The largest absolute Gasteiger partial charge is 0.318 e. The number of nitrogens with one attached hydrogen (secondary N) is 1. The maximum atomic E-state index is 13.3. The fraction of sp³-hybridized carbons (Fsp3) is 0.120. The van der Waals surface area contributed by atoms with Gasteiger partial charge in [-0.15, -0.1) is 5.10 Å². The van der Waals surface area contributed by atoms with Gasteiger partial charge in [0.25, 0.3) is 17.7 Å². The van der Waals surface area contributed by atoms with Gasteiger partial charge in [0.15, 0.2) is 0 Å². The van der Waals surface area contributed by atoms with E-state index in [2.05, 4.69) is 10.5 Å². The minimum absolute atomic E-state index is 0.187. The summed E-state index contributed by atoms with van der Waals surface area (Å²) in [5, 5.41) is 4.31. The fourth-order valence-corrected chi connectivity index (χ4v) is 4.97. The lowest BCUT2D eigenvalue weighted by Crippen LogP contribution is -2.50. The lowest BCUT2D eigenvalue weighted by Gasteiger charge is -2.24. The van der Waals surface area contributed by atoms with E-state index in [1.807, 2.05) is 66.2 Å². The number of aryl methyl sites for hydroxylation is 1. The molecule has 5 rings (SSSR count). The predicted octanol–water partition coefficient (Wildman–Crippen LogP) is 3.08. The number of aromatic nitrogens is 1. The molecule has 3 amide bonds. The van der Waals surface area contributed by atoms with Gasteiger partial charge >= 0.3 is 0 Å². The Hall–Kier alpha value is -4.04. The number of carbonyl (C=O) groups is 3. The maximum Gasteiger partial charge on any atom is 0.263 e. The maximum absolute atomic E-state index is 13.3. The molecule has 1 atom stereocenters. The molecule has 164 valence electrons. The van der Waals surface area contributed by atoms with E-state index in [0.29, 0.717) is 15.9 Å². The lowest BCUT2D eigenvalue weighted by atomic mass is 10.0. The van der Waals surface area contributed by atoms with Gasteiger partial charge in [0.1, 0.15) is 6.04 Å². The van der Waals surface area contributed by atoms with Crippen LogP contribution in [-0.2, 0) is 18.3 Å². The molecule has 8 heteroatoms. The van der Waals surface area contributed by atoms with Gasteiger partial charge in [0.2, 0.25) is 4.80 Å². The Morgan fingerprint density at radius 1 is 0.909 bits per heavy atom. The van der Waals surface area contributed by atoms with Crippen molar-refractivity contribution in [2.24, 2.45) is 12.1 Å². The molecule has 1 aliphatic heterocycles. The first kappa shape index (κ1) is 20.8. The summed E-state index contributed by atoms with van der Waals surface area (Å²) in [6.07, 6.45) is 0.187. The second kappa shape index (κ2) is 8.48. The van der Waals surface area contributed by atoms with E-state index in [1.54, 1.807) is 24.3 Å². The molecule has 0 fully saturated rings. The highest BCUT2D eigenvalue weighted by Gasteiger charge is 2.42. The number of thiazole rings is 1. The van der Waals surface area contributed by atoms with Crippen LogP contribution in [0.25, 0.3) is 10.2 Å². The Balaban J connectivity index is 1.49. The van der Waals surface area contributed by atoms with Crippen molar-refractivity contribution in [1.82, 2.24) is 14.9 Å². The number of benzene rings is 3. The van der Waals surface area contributed by atoms with Gasteiger partial charge in [-0.25, -0.2) is 5.43 Å². The first-order valence-corrected chi connectivity index (χ1v) is 11.3. The third kappa shape index (κ3) is 3.74. The van der Waals surface area contributed by atoms with Crippen LogP contribution in [0.2, 0.25) is 0 Å². The van der Waals surface area contributed by atoms with Crippen molar-refractivity contribution in [3.8, 4) is 0 Å². The van der Waals surface area contributed by atoms with Gasteiger partial charge < -0.3 is 4.57 Å². The Kier molecular flexibility index (Phi) is 5.35. The molecule has 0 unspecified atom stereocenters. The van der Waals surface area contributed by atoms with Gasteiger partial charge in [-0.2, -0.15) is 0 Å². The van der Waals surface area contributed by atoms with Crippen molar-refractivity contribution in [2.75, 3.05) is 0 Å². The highest BCUT2D eigenvalue weighted by Crippen LogP contribution is 2.26. The molecule has 7 nitrogen and oxygen atoms in total. The van der Waals surface area contributed by atoms with Crippen LogP contribution in [0.15, 0.2) is 84.0 Å². The number of amides is 3. The quantitative estimate of drug-likeness (QED) is 0.370. The van der Waals surface area contributed by atoms with E-state index in [4.69, 9.17) is 0 Å². The van der Waals surface area contributed by atoms with E-state index in [9.17, 15) is 14.4 Å². The summed E-state index contributed by atoms with van der Waals surface area (Å²) in [5.74, 6) is -1.47. The van der Waals surface area contributed by atoms with Crippen LogP contribution < -0.4 is 10.2 Å². The Morgan fingerprint density at radius 2 is 1.52 bits per heavy atom. The van der Waals surface area contributed by atoms with Crippen molar-refractivity contribution in [2.45, 2.75) is 12.5 Å². The van der Waals surface area contributed by atoms with E-state index in [-0.39, 0.29) is 6.42 Å².